The summed E-state index contributed by atoms with van der Waals surface area (Å²) in [5.41, 5.74) is 0. The quantitative estimate of drug-likeness (QED) is 0.637. The van der Waals surface area contributed by atoms with E-state index in [0.29, 0.717) is 0 Å². The lowest BCUT2D eigenvalue weighted by Gasteiger charge is -2.40. The Balaban J connectivity index is 2.81. The molecule has 3 unspecified atom stereocenters. The number of unbranched alkanes of at least 4 members (excludes halogenated alkanes) is 2. The Morgan fingerprint density at radius 2 is 1.67 bits per heavy atom. The van der Waals surface area contributed by atoms with E-state index in [1.807, 2.05) is 0 Å². The lowest BCUT2D eigenvalue weighted by Crippen LogP contribution is -2.53. The van der Waals surface area contributed by atoms with Crippen molar-refractivity contribution in [1.82, 2.24) is 0 Å². The van der Waals surface area contributed by atoms with Crippen molar-refractivity contribution in [2.24, 2.45) is 0 Å². The summed E-state index contributed by atoms with van der Waals surface area (Å²) >= 11 is 0. The van der Waals surface area contributed by atoms with Crippen LogP contribution >= 0.6 is 0 Å². The Morgan fingerprint density at radius 1 is 1.00 bits per heavy atom. The largest absolute Gasteiger partial charge is 0.436 e. The number of hydrogen-bond acceptors (Lipinski definition) is 3. The lowest BCUT2D eigenvalue weighted by atomic mass is 10.4. The van der Waals surface area contributed by atoms with Crippen molar-refractivity contribution in [3.63, 3.8) is 0 Å². The maximum absolute atomic E-state index is 6.89. The minimum absolute atomic E-state index is 0.893. The molecule has 0 saturated carbocycles. The molecule has 126 valence electrons. The van der Waals surface area contributed by atoms with Crippen molar-refractivity contribution in [3.8, 4) is 0 Å². The SMILES string of the molecule is CCCC[Si]1(C)CCCCO[SiH](C)O[Si](C)(CCCC)O1. The van der Waals surface area contributed by atoms with Gasteiger partial charge in [0.1, 0.15) is 0 Å². The van der Waals surface area contributed by atoms with Crippen LogP contribution < -0.4 is 0 Å². The van der Waals surface area contributed by atoms with Crippen LogP contribution in [0.1, 0.15) is 52.4 Å². The number of hydrogen-bond donors (Lipinski definition) is 0. The average molecular weight is 349 g/mol. The molecular formula is C15H36O3Si3. The molecule has 3 atom stereocenters. The van der Waals surface area contributed by atoms with E-state index >= 15 is 0 Å². The van der Waals surface area contributed by atoms with E-state index < -0.39 is 26.2 Å². The zero-order chi connectivity index (χ0) is 15.8. The molecule has 0 radical (unpaired) electrons. The minimum atomic E-state index is -2.04. The topological polar surface area (TPSA) is 27.7 Å². The van der Waals surface area contributed by atoms with E-state index in [4.69, 9.17) is 12.7 Å². The van der Waals surface area contributed by atoms with Crippen LogP contribution in [0.3, 0.4) is 0 Å². The van der Waals surface area contributed by atoms with Crippen LogP contribution in [0.2, 0.25) is 37.8 Å². The first-order chi connectivity index (χ1) is 9.93. The number of rotatable bonds is 6. The van der Waals surface area contributed by atoms with Gasteiger partial charge in [0.15, 0.2) is 8.32 Å². The van der Waals surface area contributed by atoms with Gasteiger partial charge in [-0.1, -0.05) is 46.0 Å². The van der Waals surface area contributed by atoms with Gasteiger partial charge in [0, 0.05) is 6.61 Å². The fourth-order valence-electron chi connectivity index (χ4n) is 3.17. The molecular weight excluding hydrogens is 312 g/mol. The second-order valence-corrected chi connectivity index (χ2v) is 16.8. The fourth-order valence-corrected chi connectivity index (χ4v) is 16.6. The molecule has 1 aliphatic rings. The zero-order valence-electron chi connectivity index (χ0n) is 14.9. The molecule has 1 aliphatic heterocycles. The normalized spacial score (nSPS) is 35.6. The maximum Gasteiger partial charge on any atom is 0.315 e. The van der Waals surface area contributed by atoms with Crippen LogP contribution in [-0.2, 0) is 12.7 Å². The summed E-state index contributed by atoms with van der Waals surface area (Å²) in [6.45, 7) is 12.4. The molecule has 0 aromatic heterocycles. The first kappa shape index (κ1) is 19.6. The van der Waals surface area contributed by atoms with Crippen molar-refractivity contribution in [3.05, 3.63) is 0 Å². The second kappa shape index (κ2) is 9.62. The van der Waals surface area contributed by atoms with Gasteiger partial charge < -0.3 is 12.7 Å². The highest BCUT2D eigenvalue weighted by molar-refractivity contribution is 6.85. The Kier molecular flexibility index (Phi) is 8.97. The van der Waals surface area contributed by atoms with E-state index in [1.54, 1.807) is 0 Å². The molecule has 21 heavy (non-hydrogen) atoms. The molecule has 0 spiro atoms. The molecule has 1 fully saturated rings. The van der Waals surface area contributed by atoms with E-state index in [1.165, 1.54) is 50.6 Å². The first-order valence-corrected chi connectivity index (χ1v) is 16.4. The molecule has 1 rings (SSSR count). The van der Waals surface area contributed by atoms with Crippen molar-refractivity contribution in [2.45, 2.75) is 90.1 Å². The van der Waals surface area contributed by atoms with Crippen LogP contribution in [0, 0.1) is 0 Å². The van der Waals surface area contributed by atoms with Gasteiger partial charge in [-0.05, 0) is 44.2 Å². The predicted octanol–water partition coefficient (Wildman–Crippen LogP) is 4.93. The summed E-state index contributed by atoms with van der Waals surface area (Å²) in [5, 5.41) is 0. The average Bonchev–Trinajstić information content (AvgIpc) is 2.42. The standard InChI is InChI=1S/C15H36O3Si3/c1-6-8-13-20(4)14-11-10-12-16-19(3)17-21(5,18-20)15-9-7-2/h19H,6-15H2,1-5H3. The van der Waals surface area contributed by atoms with Gasteiger partial charge in [0.25, 0.3) is 0 Å². The third kappa shape index (κ3) is 7.56. The molecule has 3 nitrogen and oxygen atoms in total. The van der Waals surface area contributed by atoms with Gasteiger partial charge >= 0.3 is 17.8 Å². The molecule has 1 heterocycles. The lowest BCUT2D eigenvalue weighted by molar-refractivity contribution is 0.238. The van der Waals surface area contributed by atoms with Gasteiger partial charge in [-0.25, -0.2) is 0 Å². The van der Waals surface area contributed by atoms with E-state index in [2.05, 4.69) is 33.5 Å². The van der Waals surface area contributed by atoms with Gasteiger partial charge in [-0.2, -0.15) is 0 Å². The first-order valence-electron chi connectivity index (χ1n) is 8.92. The highest BCUT2D eigenvalue weighted by Crippen LogP contribution is 2.31. The minimum Gasteiger partial charge on any atom is -0.436 e. The van der Waals surface area contributed by atoms with Crippen LogP contribution in [0.4, 0.5) is 0 Å². The zero-order valence-corrected chi connectivity index (χ0v) is 18.0. The molecule has 0 amide bonds. The Hall–Kier alpha value is 0.531. The summed E-state index contributed by atoms with van der Waals surface area (Å²) in [4.78, 5) is 0. The van der Waals surface area contributed by atoms with Crippen LogP contribution in [0.5, 0.6) is 0 Å². The molecule has 0 aromatic rings. The van der Waals surface area contributed by atoms with Crippen LogP contribution in [0.25, 0.3) is 0 Å². The third-order valence-corrected chi connectivity index (χ3v) is 16.2. The van der Waals surface area contributed by atoms with E-state index in [0.717, 1.165) is 12.7 Å². The third-order valence-electron chi connectivity index (χ3n) is 4.37. The molecule has 0 N–H and O–H groups in total. The fraction of sp³-hybridized carbons (Fsp3) is 1.00. The van der Waals surface area contributed by atoms with E-state index in [-0.39, 0.29) is 0 Å². The second-order valence-electron chi connectivity index (χ2n) is 6.91. The van der Waals surface area contributed by atoms with Gasteiger partial charge in [0.2, 0.25) is 0 Å². The molecule has 1 saturated heterocycles. The molecule has 0 aliphatic carbocycles. The predicted molar refractivity (Wildman–Crippen MR) is 97.8 cm³/mol. The monoisotopic (exact) mass is 348 g/mol. The summed E-state index contributed by atoms with van der Waals surface area (Å²) in [7, 11) is -5.16. The van der Waals surface area contributed by atoms with Crippen molar-refractivity contribution in [1.29, 1.82) is 0 Å². The molecule has 6 heteroatoms. The summed E-state index contributed by atoms with van der Waals surface area (Å²) in [5.74, 6) is 0. The van der Waals surface area contributed by atoms with Crippen LogP contribution in [-0.4, -0.2) is 32.8 Å². The Labute approximate surface area is 136 Å². The van der Waals surface area contributed by atoms with Gasteiger partial charge in [-0.15, -0.1) is 0 Å². The van der Waals surface area contributed by atoms with Gasteiger partial charge in [0.05, 0.1) is 0 Å². The Bertz CT molecular complexity index is 293. The van der Waals surface area contributed by atoms with Crippen molar-refractivity contribution < 1.29 is 12.7 Å². The van der Waals surface area contributed by atoms with E-state index in [9.17, 15) is 0 Å². The highest BCUT2D eigenvalue weighted by Gasteiger charge is 2.42. The highest BCUT2D eigenvalue weighted by atomic mass is 28.5. The van der Waals surface area contributed by atoms with Crippen LogP contribution in [0.15, 0.2) is 0 Å². The molecule has 0 aromatic carbocycles. The van der Waals surface area contributed by atoms with Crippen molar-refractivity contribution >= 4 is 26.2 Å². The summed E-state index contributed by atoms with van der Waals surface area (Å²) in [6.07, 6.45) is 7.47. The molecule has 0 bridgehead atoms. The summed E-state index contributed by atoms with van der Waals surface area (Å²) in [6, 6.07) is 3.72. The smallest absolute Gasteiger partial charge is 0.315 e. The van der Waals surface area contributed by atoms with Crippen molar-refractivity contribution in [2.75, 3.05) is 6.61 Å². The Morgan fingerprint density at radius 3 is 2.33 bits per heavy atom. The maximum atomic E-state index is 6.89. The summed E-state index contributed by atoms with van der Waals surface area (Å²) < 4.78 is 19.3. The van der Waals surface area contributed by atoms with Gasteiger partial charge in [-0.3, -0.25) is 0 Å².